The van der Waals surface area contributed by atoms with Crippen LogP contribution in [0.15, 0.2) is 4.99 Å². The van der Waals surface area contributed by atoms with Gasteiger partial charge in [0.05, 0.1) is 13.0 Å². The summed E-state index contributed by atoms with van der Waals surface area (Å²) in [6.45, 7) is 10.6. The van der Waals surface area contributed by atoms with E-state index in [1.165, 1.54) is 0 Å². The second-order valence-electron chi connectivity index (χ2n) is 6.52. The van der Waals surface area contributed by atoms with E-state index in [2.05, 4.69) is 15.6 Å². The van der Waals surface area contributed by atoms with E-state index in [4.69, 9.17) is 4.74 Å². The minimum atomic E-state index is -4.23. The summed E-state index contributed by atoms with van der Waals surface area (Å²) in [7, 11) is 0. The molecule has 0 fully saturated rings. The van der Waals surface area contributed by atoms with E-state index >= 15 is 0 Å². The van der Waals surface area contributed by atoms with Gasteiger partial charge in [0.1, 0.15) is 5.60 Å². The van der Waals surface area contributed by atoms with Gasteiger partial charge in [-0.25, -0.2) is 4.79 Å². The zero-order valence-corrected chi connectivity index (χ0v) is 15.8. The summed E-state index contributed by atoms with van der Waals surface area (Å²) in [4.78, 5) is 17.6. The molecule has 0 aromatic rings. The lowest BCUT2D eigenvalue weighted by atomic mass is 10.2. The number of ether oxygens (including phenoxy) is 1. The zero-order chi connectivity index (χ0) is 19.5. The number of alkyl halides is 3. The van der Waals surface area contributed by atoms with Crippen LogP contribution in [0, 0.1) is 0 Å². The first-order valence-electron chi connectivity index (χ1n) is 8.55. The van der Waals surface area contributed by atoms with E-state index in [-0.39, 0.29) is 6.54 Å². The molecule has 0 unspecified atom stereocenters. The maximum absolute atomic E-state index is 12.2. The van der Waals surface area contributed by atoms with Gasteiger partial charge < -0.3 is 20.3 Å². The number of carbonyl (C=O) groups is 1. The number of nitrogens with one attached hydrogen (secondary N) is 2. The number of amides is 1. The average molecular weight is 368 g/mol. The fourth-order valence-corrected chi connectivity index (χ4v) is 1.84. The molecule has 6 nitrogen and oxygen atoms in total. The van der Waals surface area contributed by atoms with Crippen LogP contribution >= 0.6 is 0 Å². The number of guanidine groups is 1. The molecule has 0 saturated carbocycles. The number of hydrogen-bond donors (Lipinski definition) is 2. The van der Waals surface area contributed by atoms with Gasteiger partial charge in [0, 0.05) is 26.2 Å². The maximum Gasteiger partial charge on any atom is 0.410 e. The number of carbonyl (C=O) groups excluding carboxylic acids is 1. The van der Waals surface area contributed by atoms with Crippen molar-refractivity contribution in [2.45, 2.75) is 59.2 Å². The van der Waals surface area contributed by atoms with Crippen LogP contribution in [-0.4, -0.2) is 61.5 Å². The molecule has 0 aromatic heterocycles. The molecular weight excluding hydrogens is 337 g/mol. The van der Waals surface area contributed by atoms with Crippen molar-refractivity contribution in [1.82, 2.24) is 15.5 Å². The molecule has 2 N–H and O–H groups in total. The lowest BCUT2D eigenvalue weighted by Crippen LogP contribution is -2.44. The Morgan fingerprint density at radius 1 is 1.12 bits per heavy atom. The molecule has 0 aliphatic heterocycles. The van der Waals surface area contributed by atoms with Crippen LogP contribution in [0.1, 0.15) is 47.5 Å². The molecule has 0 atom stereocenters. The second-order valence-corrected chi connectivity index (χ2v) is 6.52. The highest BCUT2D eigenvalue weighted by atomic mass is 19.4. The van der Waals surface area contributed by atoms with Crippen molar-refractivity contribution in [3.8, 4) is 0 Å². The van der Waals surface area contributed by atoms with Crippen molar-refractivity contribution in [2.24, 2.45) is 4.99 Å². The minimum Gasteiger partial charge on any atom is -0.444 e. The van der Waals surface area contributed by atoms with Gasteiger partial charge in [-0.3, -0.25) is 4.99 Å². The second kappa shape index (κ2) is 11.0. The van der Waals surface area contributed by atoms with E-state index in [0.29, 0.717) is 32.1 Å². The summed E-state index contributed by atoms with van der Waals surface area (Å²) in [6, 6.07) is 0. The zero-order valence-electron chi connectivity index (χ0n) is 15.8. The topological polar surface area (TPSA) is 66.0 Å². The largest absolute Gasteiger partial charge is 0.444 e. The molecule has 0 radical (unpaired) electrons. The molecule has 0 aromatic carbocycles. The van der Waals surface area contributed by atoms with Crippen molar-refractivity contribution in [3.05, 3.63) is 0 Å². The van der Waals surface area contributed by atoms with Gasteiger partial charge in [-0.1, -0.05) is 6.92 Å². The normalized spacial score (nSPS) is 12.7. The van der Waals surface area contributed by atoms with E-state index in [1.807, 2.05) is 13.8 Å². The van der Waals surface area contributed by atoms with Crippen molar-refractivity contribution in [3.63, 3.8) is 0 Å². The SMILES string of the molecule is CCCN(CCNC(=NCCC(F)(F)F)NCC)C(=O)OC(C)(C)C. The number of rotatable bonds is 8. The van der Waals surface area contributed by atoms with Crippen LogP contribution in [0.3, 0.4) is 0 Å². The quantitative estimate of drug-likeness (QED) is 0.510. The summed E-state index contributed by atoms with van der Waals surface area (Å²) in [5.41, 5.74) is -0.579. The molecule has 9 heteroatoms. The summed E-state index contributed by atoms with van der Waals surface area (Å²) < 4.78 is 41.9. The van der Waals surface area contributed by atoms with Gasteiger partial charge in [0.15, 0.2) is 5.96 Å². The van der Waals surface area contributed by atoms with Crippen LogP contribution in [-0.2, 0) is 4.74 Å². The van der Waals surface area contributed by atoms with Crippen LogP contribution in [0.2, 0.25) is 0 Å². The van der Waals surface area contributed by atoms with Gasteiger partial charge in [0.25, 0.3) is 0 Å². The number of halogens is 3. The van der Waals surface area contributed by atoms with E-state index in [0.717, 1.165) is 6.42 Å². The molecule has 0 heterocycles. The van der Waals surface area contributed by atoms with Crippen LogP contribution in [0.25, 0.3) is 0 Å². The lowest BCUT2D eigenvalue weighted by Gasteiger charge is -2.27. The third-order valence-corrected chi connectivity index (χ3v) is 2.83. The van der Waals surface area contributed by atoms with Crippen LogP contribution in [0.5, 0.6) is 0 Å². The summed E-state index contributed by atoms with van der Waals surface area (Å²) in [5, 5.41) is 5.81. The standard InChI is InChI=1S/C16H31F3N4O2/c1-6-11-23(14(24)25-15(3,4)5)12-10-22-13(20-7-2)21-9-8-16(17,18)19/h6-12H2,1-5H3,(H2,20,21,22). The Morgan fingerprint density at radius 2 is 1.76 bits per heavy atom. The molecule has 0 aliphatic rings. The van der Waals surface area contributed by atoms with Gasteiger partial charge in [-0.05, 0) is 34.1 Å². The van der Waals surface area contributed by atoms with Gasteiger partial charge in [-0.2, -0.15) is 13.2 Å². The average Bonchev–Trinajstić information content (AvgIpc) is 2.43. The number of aliphatic imine (C=N–C) groups is 1. The van der Waals surface area contributed by atoms with E-state index in [9.17, 15) is 18.0 Å². The highest BCUT2D eigenvalue weighted by Crippen LogP contribution is 2.18. The molecule has 0 bridgehead atoms. The number of nitrogens with zero attached hydrogens (tertiary/aromatic N) is 2. The summed E-state index contributed by atoms with van der Waals surface area (Å²) >= 11 is 0. The van der Waals surface area contributed by atoms with Crippen LogP contribution in [0.4, 0.5) is 18.0 Å². The third kappa shape index (κ3) is 13.3. The molecule has 0 rings (SSSR count). The molecule has 0 saturated heterocycles. The van der Waals surface area contributed by atoms with E-state index < -0.39 is 24.3 Å². The fourth-order valence-electron chi connectivity index (χ4n) is 1.84. The molecule has 148 valence electrons. The smallest absolute Gasteiger partial charge is 0.410 e. The Balaban J connectivity index is 4.54. The predicted molar refractivity (Wildman–Crippen MR) is 92.8 cm³/mol. The Bertz CT molecular complexity index is 421. The van der Waals surface area contributed by atoms with Gasteiger partial charge in [-0.15, -0.1) is 0 Å². The molecule has 0 spiro atoms. The number of hydrogen-bond acceptors (Lipinski definition) is 3. The minimum absolute atomic E-state index is 0.299. The lowest BCUT2D eigenvalue weighted by molar-refractivity contribution is -0.132. The predicted octanol–water partition coefficient (Wildman–Crippen LogP) is 3.14. The summed E-state index contributed by atoms with van der Waals surface area (Å²) in [5.74, 6) is 0.299. The first-order valence-corrected chi connectivity index (χ1v) is 8.55. The van der Waals surface area contributed by atoms with Crippen molar-refractivity contribution < 1.29 is 22.7 Å². The first kappa shape index (κ1) is 23.3. The first-order chi connectivity index (χ1) is 11.5. The van der Waals surface area contributed by atoms with E-state index in [1.54, 1.807) is 25.7 Å². The summed E-state index contributed by atoms with van der Waals surface area (Å²) in [6.07, 6.45) is -4.83. The third-order valence-electron chi connectivity index (χ3n) is 2.83. The van der Waals surface area contributed by atoms with Gasteiger partial charge in [0.2, 0.25) is 0 Å². The monoisotopic (exact) mass is 368 g/mol. The fraction of sp³-hybridized carbons (Fsp3) is 0.875. The van der Waals surface area contributed by atoms with Crippen molar-refractivity contribution in [1.29, 1.82) is 0 Å². The van der Waals surface area contributed by atoms with Gasteiger partial charge >= 0.3 is 12.3 Å². The molecule has 0 aliphatic carbocycles. The molecule has 1 amide bonds. The van der Waals surface area contributed by atoms with Crippen molar-refractivity contribution in [2.75, 3.05) is 32.7 Å². The maximum atomic E-state index is 12.2. The highest BCUT2D eigenvalue weighted by Gasteiger charge is 2.26. The van der Waals surface area contributed by atoms with Crippen LogP contribution < -0.4 is 10.6 Å². The molecular formula is C16H31F3N4O2. The Labute approximate surface area is 148 Å². The Morgan fingerprint density at radius 3 is 2.24 bits per heavy atom. The van der Waals surface area contributed by atoms with Crippen molar-refractivity contribution >= 4 is 12.1 Å². The highest BCUT2D eigenvalue weighted by molar-refractivity contribution is 5.79. The Hall–Kier alpha value is -1.67. The molecule has 25 heavy (non-hydrogen) atoms. The Kier molecular flexibility index (Phi) is 10.3.